The van der Waals surface area contributed by atoms with E-state index in [0.29, 0.717) is 18.4 Å². The molecule has 0 aromatic heterocycles. The van der Waals surface area contributed by atoms with E-state index in [2.05, 4.69) is 0 Å². The lowest BCUT2D eigenvalue weighted by Gasteiger charge is -2.33. The van der Waals surface area contributed by atoms with Gasteiger partial charge in [0.05, 0.1) is 24.7 Å². The van der Waals surface area contributed by atoms with Crippen LogP contribution in [0.2, 0.25) is 0 Å². The number of likely N-dealkylation sites (tertiary alicyclic amines) is 1. The summed E-state index contributed by atoms with van der Waals surface area (Å²) in [5.41, 5.74) is 0. The Hall–Kier alpha value is -0.950. The first-order chi connectivity index (χ1) is 11.8. The molecule has 0 aromatic carbocycles. The van der Waals surface area contributed by atoms with Crippen LogP contribution in [0.1, 0.15) is 44.9 Å². The number of imide groups is 1. The first-order valence-corrected chi connectivity index (χ1v) is 11.4. The van der Waals surface area contributed by atoms with Crippen molar-refractivity contribution in [1.29, 1.82) is 0 Å². The summed E-state index contributed by atoms with van der Waals surface area (Å²) in [7, 11) is -3.46. The van der Waals surface area contributed by atoms with Crippen LogP contribution >= 0.6 is 0 Å². The normalized spacial score (nSPS) is 40.8. The van der Waals surface area contributed by atoms with Crippen molar-refractivity contribution >= 4 is 21.9 Å². The van der Waals surface area contributed by atoms with Crippen molar-refractivity contribution in [2.45, 2.75) is 44.9 Å². The van der Waals surface area contributed by atoms with Gasteiger partial charge in [0.2, 0.25) is 11.8 Å². The van der Waals surface area contributed by atoms with Crippen LogP contribution in [0, 0.1) is 35.5 Å². The molecule has 0 N–H and O–H groups in total. The van der Waals surface area contributed by atoms with Crippen molar-refractivity contribution in [3.63, 3.8) is 0 Å². The molecule has 140 valence electrons. The molecule has 0 radical (unpaired) electrons. The van der Waals surface area contributed by atoms with Crippen LogP contribution in [0.15, 0.2) is 0 Å². The molecule has 4 aliphatic rings. The average Bonchev–Trinajstić information content (AvgIpc) is 3.23. The second-order valence-electron chi connectivity index (χ2n) is 8.47. The fraction of sp³-hybridized carbons (Fsp3) is 0.889. The van der Waals surface area contributed by atoms with Gasteiger partial charge in [0.1, 0.15) is 0 Å². The number of nitrogens with zero attached hydrogens (tertiary/aromatic N) is 1. The van der Waals surface area contributed by atoms with Gasteiger partial charge in [-0.25, -0.2) is 0 Å². The molecule has 3 aliphatic carbocycles. The van der Waals surface area contributed by atoms with Gasteiger partial charge < -0.3 is 0 Å². The van der Waals surface area contributed by atoms with Crippen molar-refractivity contribution in [2.75, 3.05) is 19.4 Å². The third-order valence-electron chi connectivity index (χ3n) is 7.00. The van der Waals surface area contributed by atoms with Crippen LogP contribution in [0.25, 0.3) is 0 Å². The van der Waals surface area contributed by atoms with Crippen molar-refractivity contribution in [2.24, 2.45) is 35.5 Å². The molecule has 0 aromatic rings. The van der Waals surface area contributed by atoms with Gasteiger partial charge in [-0.3, -0.25) is 18.7 Å². The lowest BCUT2D eigenvalue weighted by Crippen LogP contribution is -2.40. The monoisotopic (exact) mass is 369 g/mol. The van der Waals surface area contributed by atoms with E-state index in [1.54, 1.807) is 0 Å². The van der Waals surface area contributed by atoms with E-state index in [1.807, 2.05) is 0 Å². The highest BCUT2D eigenvalue weighted by Gasteiger charge is 2.61. The maximum absolute atomic E-state index is 12.9. The second-order valence-corrected chi connectivity index (χ2v) is 10.1. The van der Waals surface area contributed by atoms with Gasteiger partial charge in [0.15, 0.2) is 0 Å². The molecular formula is C18H27NO5S. The zero-order chi connectivity index (χ0) is 17.8. The van der Waals surface area contributed by atoms with Crippen LogP contribution in [-0.4, -0.2) is 44.5 Å². The van der Waals surface area contributed by atoms with E-state index >= 15 is 0 Å². The summed E-state index contributed by atoms with van der Waals surface area (Å²) in [5, 5.41) is 0. The maximum Gasteiger partial charge on any atom is 0.264 e. The summed E-state index contributed by atoms with van der Waals surface area (Å²) < 4.78 is 27.6. The topological polar surface area (TPSA) is 80.8 Å². The van der Waals surface area contributed by atoms with Crippen LogP contribution in [0.3, 0.4) is 0 Å². The van der Waals surface area contributed by atoms with Crippen molar-refractivity contribution in [3.8, 4) is 0 Å². The molecule has 3 saturated carbocycles. The van der Waals surface area contributed by atoms with Crippen molar-refractivity contribution in [3.05, 3.63) is 0 Å². The van der Waals surface area contributed by atoms with Crippen LogP contribution in [0.4, 0.5) is 0 Å². The van der Waals surface area contributed by atoms with Gasteiger partial charge in [-0.05, 0) is 55.8 Å². The lowest BCUT2D eigenvalue weighted by atomic mass is 9.79. The summed E-state index contributed by atoms with van der Waals surface area (Å²) in [6, 6.07) is 0. The van der Waals surface area contributed by atoms with Crippen LogP contribution < -0.4 is 0 Å². The Bertz CT molecular complexity index is 647. The first-order valence-electron chi connectivity index (χ1n) is 9.55. The molecule has 6 atom stereocenters. The van der Waals surface area contributed by atoms with Gasteiger partial charge in [-0.2, -0.15) is 8.42 Å². The molecule has 0 unspecified atom stereocenters. The zero-order valence-corrected chi connectivity index (χ0v) is 15.5. The van der Waals surface area contributed by atoms with E-state index in [0.717, 1.165) is 51.2 Å². The molecule has 1 aliphatic heterocycles. The fourth-order valence-corrected chi connectivity index (χ4v) is 6.26. The van der Waals surface area contributed by atoms with Gasteiger partial charge in [-0.1, -0.05) is 12.8 Å². The quantitative estimate of drug-likeness (QED) is 0.545. The van der Waals surface area contributed by atoms with Crippen molar-refractivity contribution in [1.82, 2.24) is 4.90 Å². The van der Waals surface area contributed by atoms with E-state index in [9.17, 15) is 18.0 Å². The fourth-order valence-electron chi connectivity index (χ4n) is 5.84. The number of amides is 2. The molecule has 0 spiro atoms. The Balaban J connectivity index is 1.45. The van der Waals surface area contributed by atoms with E-state index in [4.69, 9.17) is 4.18 Å². The molecule has 2 bridgehead atoms. The van der Waals surface area contributed by atoms with E-state index < -0.39 is 10.1 Å². The number of carbonyl (C=O) groups is 2. The highest BCUT2D eigenvalue weighted by molar-refractivity contribution is 7.85. The smallest absolute Gasteiger partial charge is 0.264 e. The zero-order valence-electron chi connectivity index (χ0n) is 14.7. The summed E-state index contributed by atoms with van der Waals surface area (Å²) in [5.74, 6) is 1.01. The second kappa shape index (κ2) is 6.34. The number of fused-ring (bicyclic) bond motifs is 5. The third kappa shape index (κ3) is 3.14. The minimum atomic E-state index is -3.46. The van der Waals surface area contributed by atoms with Gasteiger partial charge in [-0.15, -0.1) is 0 Å². The largest absolute Gasteiger partial charge is 0.282 e. The summed E-state index contributed by atoms with van der Waals surface area (Å²) >= 11 is 0. The van der Waals surface area contributed by atoms with Gasteiger partial charge >= 0.3 is 0 Å². The predicted octanol–water partition coefficient (Wildman–Crippen LogP) is 1.80. The number of carbonyl (C=O) groups excluding carboxylic acids is 2. The molecule has 7 heteroatoms. The third-order valence-corrected chi connectivity index (χ3v) is 7.56. The molecular weight excluding hydrogens is 342 g/mol. The predicted molar refractivity (Wildman–Crippen MR) is 90.8 cm³/mol. The van der Waals surface area contributed by atoms with E-state index in [-0.39, 0.29) is 42.1 Å². The average molecular weight is 369 g/mol. The highest BCUT2D eigenvalue weighted by Crippen LogP contribution is 2.56. The Labute approximate surface area is 149 Å². The number of hydrogen-bond acceptors (Lipinski definition) is 5. The minimum Gasteiger partial charge on any atom is -0.282 e. The summed E-state index contributed by atoms with van der Waals surface area (Å²) in [4.78, 5) is 27.2. The van der Waals surface area contributed by atoms with Crippen LogP contribution in [0.5, 0.6) is 0 Å². The molecule has 4 fully saturated rings. The van der Waals surface area contributed by atoms with Gasteiger partial charge in [0.25, 0.3) is 10.1 Å². The Morgan fingerprint density at radius 3 is 2.08 bits per heavy atom. The lowest BCUT2D eigenvalue weighted by molar-refractivity contribution is -0.142. The first kappa shape index (κ1) is 17.5. The molecule has 1 saturated heterocycles. The summed E-state index contributed by atoms with van der Waals surface area (Å²) in [6.07, 6.45) is 8.23. The maximum atomic E-state index is 12.9. The van der Waals surface area contributed by atoms with Crippen molar-refractivity contribution < 1.29 is 22.2 Å². The Kier molecular flexibility index (Phi) is 4.43. The molecule has 1 heterocycles. The molecule has 25 heavy (non-hydrogen) atoms. The van der Waals surface area contributed by atoms with E-state index in [1.165, 1.54) is 4.90 Å². The standard InChI is InChI=1S/C18H27NO5S/c1-25(22,23)24-10-14-5-3-2-4-13(14)9-19-17(20)15-11-6-7-12(8-11)16(15)18(19)21/h11-16H,2-10H2,1H3/t11-,12+,13-,14-,15+,16-/m0/s1. The molecule has 6 nitrogen and oxygen atoms in total. The Morgan fingerprint density at radius 1 is 0.960 bits per heavy atom. The number of rotatable bonds is 5. The number of hydrogen-bond donors (Lipinski definition) is 0. The SMILES string of the molecule is CS(=O)(=O)OC[C@@H]1CCCC[C@H]1CN1C(=O)[C@@H]2[C@H]3CC[C@H](C3)[C@@H]2C1=O. The van der Waals surface area contributed by atoms with Crippen LogP contribution in [-0.2, 0) is 23.9 Å². The molecule has 4 rings (SSSR count). The summed E-state index contributed by atoms with van der Waals surface area (Å²) in [6.45, 7) is 0.611. The van der Waals surface area contributed by atoms with Gasteiger partial charge in [0, 0.05) is 6.54 Å². The highest BCUT2D eigenvalue weighted by atomic mass is 32.2. The minimum absolute atomic E-state index is 0.0376. The Morgan fingerprint density at radius 2 is 1.52 bits per heavy atom. The molecule has 2 amide bonds.